The number of nitrogens with zero attached hydrogens (tertiary/aromatic N) is 1. The number of hydrogen-bond donors (Lipinski definition) is 1. The van der Waals surface area contributed by atoms with Crippen LogP contribution in [0.15, 0.2) is 46.8 Å². The standard InChI is InChI=1S/C18H13F3N2O3/c19-18(20,21)16-15(17(25)26)13(10-4-1-3-9(7-10)8-22)14-11(23-16)5-2-6-12(14)24/h1,3-4,7,13,23H,2,5-6H2,(H,25,26)/p-1/t13-/m0/s1. The molecule has 5 nitrogen and oxygen atoms in total. The first-order valence-corrected chi connectivity index (χ1v) is 7.80. The van der Waals surface area contributed by atoms with Gasteiger partial charge in [-0.15, -0.1) is 0 Å². The SMILES string of the molecule is N#Cc1cccc([C@H]2C3=C(CCCC3=O)NC(C(F)(F)F)=C2C(=O)[O-])c1. The van der Waals surface area contributed by atoms with Gasteiger partial charge >= 0.3 is 6.18 Å². The first-order valence-electron chi connectivity index (χ1n) is 7.80. The van der Waals surface area contributed by atoms with Crippen molar-refractivity contribution in [3.63, 3.8) is 0 Å². The Balaban J connectivity index is 2.30. The van der Waals surface area contributed by atoms with Crippen LogP contribution in [-0.2, 0) is 9.59 Å². The Bertz CT molecular complexity index is 907. The number of carbonyl (C=O) groups is 2. The van der Waals surface area contributed by atoms with E-state index in [9.17, 15) is 27.9 Å². The lowest BCUT2D eigenvalue weighted by molar-refractivity contribution is -0.300. The van der Waals surface area contributed by atoms with E-state index < -0.39 is 35.1 Å². The minimum atomic E-state index is -4.96. The van der Waals surface area contributed by atoms with Crippen LogP contribution in [0.1, 0.15) is 36.3 Å². The third-order valence-electron chi connectivity index (χ3n) is 4.43. The Hall–Kier alpha value is -3.08. The first kappa shape index (κ1) is 17.7. The average Bonchev–Trinajstić information content (AvgIpc) is 2.59. The molecule has 0 aromatic heterocycles. The first-order chi connectivity index (χ1) is 12.2. The molecule has 0 unspecified atom stereocenters. The molecule has 2 aliphatic rings. The second-order valence-electron chi connectivity index (χ2n) is 6.04. The molecule has 1 heterocycles. The molecule has 1 aromatic rings. The van der Waals surface area contributed by atoms with Crippen LogP contribution in [0.2, 0.25) is 0 Å². The molecule has 1 aliphatic carbocycles. The van der Waals surface area contributed by atoms with Gasteiger partial charge in [-0.05, 0) is 30.5 Å². The monoisotopic (exact) mass is 361 g/mol. The number of hydrogen-bond acceptors (Lipinski definition) is 5. The summed E-state index contributed by atoms with van der Waals surface area (Å²) in [6.07, 6.45) is -4.26. The van der Waals surface area contributed by atoms with Gasteiger partial charge in [-0.25, -0.2) is 0 Å². The van der Waals surface area contributed by atoms with E-state index in [1.807, 2.05) is 6.07 Å². The fourth-order valence-corrected chi connectivity index (χ4v) is 3.40. The number of dihydropyridines is 1. The number of carbonyl (C=O) groups excluding carboxylic acids is 2. The maximum Gasteiger partial charge on any atom is 0.431 e. The van der Waals surface area contributed by atoms with Crippen molar-refractivity contribution < 1.29 is 27.9 Å². The number of allylic oxidation sites excluding steroid dienone is 3. The van der Waals surface area contributed by atoms with Crippen LogP contribution in [0.4, 0.5) is 13.2 Å². The lowest BCUT2D eigenvalue weighted by atomic mass is 9.75. The average molecular weight is 361 g/mol. The van der Waals surface area contributed by atoms with Crippen LogP contribution < -0.4 is 10.4 Å². The quantitative estimate of drug-likeness (QED) is 0.867. The van der Waals surface area contributed by atoms with E-state index in [-0.39, 0.29) is 35.2 Å². The van der Waals surface area contributed by atoms with Crippen molar-refractivity contribution in [3.05, 3.63) is 57.9 Å². The molecule has 1 aliphatic heterocycles. The fraction of sp³-hybridized carbons (Fsp3) is 0.278. The molecule has 1 N–H and O–H groups in total. The molecule has 1 aromatic carbocycles. The summed E-state index contributed by atoms with van der Waals surface area (Å²) < 4.78 is 40.4. The van der Waals surface area contributed by atoms with Crippen molar-refractivity contribution in [2.24, 2.45) is 0 Å². The van der Waals surface area contributed by atoms with Gasteiger partial charge in [0.05, 0.1) is 17.6 Å². The van der Waals surface area contributed by atoms with E-state index in [0.717, 1.165) is 0 Å². The number of Topliss-reactive ketones (excluding diaryl/α,β-unsaturated/α-hetero) is 1. The van der Waals surface area contributed by atoms with Gasteiger partial charge in [-0.1, -0.05) is 12.1 Å². The highest BCUT2D eigenvalue weighted by Crippen LogP contribution is 2.45. The highest BCUT2D eigenvalue weighted by atomic mass is 19.4. The zero-order valence-electron chi connectivity index (χ0n) is 13.3. The molecule has 0 saturated carbocycles. The van der Waals surface area contributed by atoms with Crippen molar-refractivity contribution >= 4 is 11.8 Å². The minimum Gasteiger partial charge on any atom is -0.545 e. The van der Waals surface area contributed by atoms with Gasteiger partial charge in [0.1, 0.15) is 5.70 Å². The smallest absolute Gasteiger partial charge is 0.431 e. The molecular weight excluding hydrogens is 349 g/mol. The lowest BCUT2D eigenvalue weighted by Crippen LogP contribution is -2.42. The summed E-state index contributed by atoms with van der Waals surface area (Å²) in [6, 6.07) is 7.43. The summed E-state index contributed by atoms with van der Waals surface area (Å²) in [7, 11) is 0. The van der Waals surface area contributed by atoms with Crippen molar-refractivity contribution in [2.45, 2.75) is 31.4 Å². The van der Waals surface area contributed by atoms with E-state index in [1.54, 1.807) is 0 Å². The maximum atomic E-state index is 13.5. The molecule has 0 fully saturated rings. The molecular formula is C18H12F3N2O3-. The third-order valence-corrected chi connectivity index (χ3v) is 4.43. The molecule has 26 heavy (non-hydrogen) atoms. The number of nitriles is 1. The fourth-order valence-electron chi connectivity index (χ4n) is 3.40. The Kier molecular flexibility index (Phi) is 4.32. The van der Waals surface area contributed by atoms with Crippen LogP contribution in [0, 0.1) is 11.3 Å². The van der Waals surface area contributed by atoms with Crippen LogP contribution in [0.3, 0.4) is 0 Å². The number of rotatable bonds is 2. The second-order valence-corrected chi connectivity index (χ2v) is 6.04. The Morgan fingerprint density at radius 2 is 2.04 bits per heavy atom. The van der Waals surface area contributed by atoms with E-state index in [2.05, 4.69) is 5.32 Å². The molecule has 3 rings (SSSR count). The summed E-state index contributed by atoms with van der Waals surface area (Å²) in [5.41, 5.74) is -2.11. The summed E-state index contributed by atoms with van der Waals surface area (Å²) in [5.74, 6) is -3.86. The predicted molar refractivity (Wildman–Crippen MR) is 81.0 cm³/mol. The number of carboxylic acids is 1. The molecule has 0 spiro atoms. The largest absolute Gasteiger partial charge is 0.545 e. The maximum absolute atomic E-state index is 13.5. The van der Waals surface area contributed by atoms with E-state index in [0.29, 0.717) is 6.42 Å². The van der Waals surface area contributed by atoms with Crippen molar-refractivity contribution in [2.75, 3.05) is 0 Å². The van der Waals surface area contributed by atoms with E-state index in [1.165, 1.54) is 24.3 Å². The number of aliphatic carboxylic acids is 1. The summed E-state index contributed by atoms with van der Waals surface area (Å²) in [4.78, 5) is 24.0. The van der Waals surface area contributed by atoms with Crippen LogP contribution in [-0.4, -0.2) is 17.9 Å². The number of alkyl halides is 3. The molecule has 0 bridgehead atoms. The van der Waals surface area contributed by atoms with Crippen LogP contribution >= 0.6 is 0 Å². The molecule has 0 saturated heterocycles. The molecule has 8 heteroatoms. The Morgan fingerprint density at radius 1 is 1.31 bits per heavy atom. The second kappa shape index (κ2) is 6.33. The number of ketones is 1. The zero-order valence-corrected chi connectivity index (χ0v) is 13.3. The van der Waals surface area contributed by atoms with Gasteiger partial charge < -0.3 is 15.2 Å². The minimum absolute atomic E-state index is 0.00135. The zero-order chi connectivity index (χ0) is 19.1. The highest BCUT2D eigenvalue weighted by molar-refractivity contribution is 6.03. The van der Waals surface area contributed by atoms with Gasteiger partial charge in [0.2, 0.25) is 0 Å². The summed E-state index contributed by atoms with van der Waals surface area (Å²) in [5, 5.41) is 22.8. The van der Waals surface area contributed by atoms with E-state index >= 15 is 0 Å². The van der Waals surface area contributed by atoms with Gasteiger partial charge in [0, 0.05) is 29.2 Å². The van der Waals surface area contributed by atoms with Crippen molar-refractivity contribution in [3.8, 4) is 6.07 Å². The number of halogens is 3. The highest BCUT2D eigenvalue weighted by Gasteiger charge is 2.45. The summed E-state index contributed by atoms with van der Waals surface area (Å²) in [6.45, 7) is 0. The van der Waals surface area contributed by atoms with Gasteiger partial charge in [-0.2, -0.15) is 18.4 Å². The van der Waals surface area contributed by atoms with Crippen LogP contribution in [0.25, 0.3) is 0 Å². The number of carboxylic acid groups (broad SMARTS) is 1. The van der Waals surface area contributed by atoms with Gasteiger partial charge in [-0.3, -0.25) is 4.79 Å². The van der Waals surface area contributed by atoms with Gasteiger partial charge in [0.25, 0.3) is 0 Å². The van der Waals surface area contributed by atoms with Crippen molar-refractivity contribution in [1.82, 2.24) is 5.32 Å². The van der Waals surface area contributed by atoms with Gasteiger partial charge in [0.15, 0.2) is 5.78 Å². The Labute approximate surface area is 146 Å². The molecule has 1 atom stereocenters. The third kappa shape index (κ3) is 2.96. The normalized spacial score (nSPS) is 20.4. The number of nitrogens with one attached hydrogen (secondary N) is 1. The molecule has 134 valence electrons. The topological polar surface area (TPSA) is 93.0 Å². The molecule has 0 amide bonds. The van der Waals surface area contributed by atoms with E-state index in [4.69, 9.17) is 5.26 Å². The summed E-state index contributed by atoms with van der Waals surface area (Å²) >= 11 is 0. The van der Waals surface area contributed by atoms with Crippen LogP contribution in [0.5, 0.6) is 0 Å². The predicted octanol–water partition coefficient (Wildman–Crippen LogP) is 1.82. The Morgan fingerprint density at radius 3 is 2.65 bits per heavy atom. The number of benzene rings is 1. The van der Waals surface area contributed by atoms with Crippen molar-refractivity contribution in [1.29, 1.82) is 5.26 Å². The molecule has 0 radical (unpaired) electrons. The lowest BCUT2D eigenvalue weighted by Gasteiger charge is -2.36.